The number of rotatable bonds is 3. The maximum atomic E-state index is 13.1. The number of carbonyl (C=O) groups is 2. The van der Waals surface area contributed by atoms with Crippen molar-refractivity contribution in [2.75, 3.05) is 51.3 Å². The molecule has 1 aliphatic carbocycles. The van der Waals surface area contributed by atoms with E-state index in [0.29, 0.717) is 63.2 Å². The van der Waals surface area contributed by atoms with E-state index in [0.717, 1.165) is 5.39 Å². The van der Waals surface area contributed by atoms with Gasteiger partial charge in [-0.15, -0.1) is 0 Å². The Morgan fingerprint density at radius 2 is 1.76 bits per heavy atom. The van der Waals surface area contributed by atoms with Gasteiger partial charge in [-0.1, -0.05) is 12.1 Å². The van der Waals surface area contributed by atoms with Crippen molar-refractivity contribution in [2.24, 2.45) is 5.92 Å². The van der Waals surface area contributed by atoms with E-state index in [2.05, 4.69) is 5.32 Å². The van der Waals surface area contributed by atoms with Gasteiger partial charge in [-0.25, -0.2) is 4.79 Å². The molecule has 1 atom stereocenters. The first-order valence-corrected chi connectivity index (χ1v) is 10.3. The molecule has 1 aromatic carbocycles. The van der Waals surface area contributed by atoms with Gasteiger partial charge < -0.3 is 29.0 Å². The van der Waals surface area contributed by atoms with Crippen LogP contribution in [0.25, 0.3) is 11.0 Å². The summed E-state index contributed by atoms with van der Waals surface area (Å²) in [5.41, 5.74) is 1.02. The van der Waals surface area contributed by atoms with Gasteiger partial charge >= 0.3 is 6.03 Å². The van der Waals surface area contributed by atoms with Crippen molar-refractivity contribution in [3.63, 3.8) is 0 Å². The van der Waals surface area contributed by atoms with E-state index >= 15 is 0 Å². The Balaban J connectivity index is 1.40. The highest BCUT2D eigenvalue weighted by atomic mass is 16.5. The molecule has 29 heavy (non-hydrogen) atoms. The summed E-state index contributed by atoms with van der Waals surface area (Å²) in [6.07, 6.45) is 2.46. The van der Waals surface area contributed by atoms with Gasteiger partial charge in [0.15, 0.2) is 0 Å². The number of nitrogens with zero attached hydrogens (tertiary/aromatic N) is 2. The number of fused-ring (bicyclic) bond motifs is 1. The van der Waals surface area contributed by atoms with Crippen molar-refractivity contribution >= 4 is 28.6 Å². The van der Waals surface area contributed by atoms with Gasteiger partial charge in [0.2, 0.25) is 5.76 Å². The second-order valence-electron chi connectivity index (χ2n) is 7.83. The van der Waals surface area contributed by atoms with E-state index in [1.807, 2.05) is 18.2 Å². The molecule has 154 valence electrons. The predicted molar refractivity (Wildman–Crippen MR) is 106 cm³/mol. The summed E-state index contributed by atoms with van der Waals surface area (Å²) in [7, 11) is 0. The van der Waals surface area contributed by atoms with Crippen molar-refractivity contribution in [1.82, 2.24) is 9.80 Å². The summed E-state index contributed by atoms with van der Waals surface area (Å²) < 4.78 is 17.0. The SMILES string of the molecule is O=C(Nc1c(C(=O)N2CCOCC2)oc2ccccc12)N1CCOC(C2CC2)C1. The van der Waals surface area contributed by atoms with Crippen LogP contribution in [0.15, 0.2) is 28.7 Å². The minimum absolute atomic E-state index is 0.116. The number of benzene rings is 1. The van der Waals surface area contributed by atoms with Gasteiger partial charge in [-0.05, 0) is 30.9 Å². The Bertz CT molecular complexity index is 916. The van der Waals surface area contributed by atoms with Crippen LogP contribution in [0.3, 0.4) is 0 Å². The fraction of sp³-hybridized carbons (Fsp3) is 0.524. The molecular formula is C21H25N3O5. The monoisotopic (exact) mass is 399 g/mol. The predicted octanol–water partition coefficient (Wildman–Crippen LogP) is 2.55. The molecule has 2 aliphatic heterocycles. The van der Waals surface area contributed by atoms with Crippen LogP contribution in [-0.4, -0.2) is 73.8 Å². The number of amides is 3. The molecule has 1 N–H and O–H groups in total. The number of hydrogen-bond donors (Lipinski definition) is 1. The van der Waals surface area contributed by atoms with Crippen LogP contribution in [0, 0.1) is 5.92 Å². The van der Waals surface area contributed by atoms with E-state index < -0.39 is 0 Å². The molecule has 3 amide bonds. The molecule has 1 aromatic heterocycles. The first-order chi connectivity index (χ1) is 14.2. The Morgan fingerprint density at radius 1 is 1.00 bits per heavy atom. The fourth-order valence-electron chi connectivity index (χ4n) is 4.03. The number of urea groups is 1. The van der Waals surface area contributed by atoms with Crippen molar-refractivity contribution < 1.29 is 23.5 Å². The lowest BCUT2D eigenvalue weighted by Gasteiger charge is -2.33. The van der Waals surface area contributed by atoms with E-state index in [-0.39, 0.29) is 23.8 Å². The van der Waals surface area contributed by atoms with Gasteiger partial charge in [0.05, 0.1) is 25.9 Å². The van der Waals surface area contributed by atoms with Gasteiger partial charge in [0.25, 0.3) is 5.91 Å². The molecule has 0 radical (unpaired) electrons. The highest BCUT2D eigenvalue weighted by Crippen LogP contribution is 2.36. The molecule has 8 nitrogen and oxygen atoms in total. The van der Waals surface area contributed by atoms with Crippen LogP contribution < -0.4 is 5.32 Å². The van der Waals surface area contributed by atoms with Gasteiger partial charge in [0.1, 0.15) is 11.3 Å². The maximum Gasteiger partial charge on any atom is 0.322 e. The largest absolute Gasteiger partial charge is 0.449 e. The normalized spacial score (nSPS) is 22.7. The highest BCUT2D eigenvalue weighted by molar-refractivity contribution is 6.10. The zero-order valence-corrected chi connectivity index (χ0v) is 16.3. The van der Waals surface area contributed by atoms with Crippen LogP contribution in [0.2, 0.25) is 0 Å². The summed E-state index contributed by atoms with van der Waals surface area (Å²) in [6, 6.07) is 7.16. The third-order valence-electron chi connectivity index (χ3n) is 5.85. The van der Waals surface area contributed by atoms with Crippen molar-refractivity contribution in [3.8, 4) is 0 Å². The molecule has 0 spiro atoms. The van der Waals surface area contributed by atoms with Crippen LogP contribution in [0.1, 0.15) is 23.4 Å². The number of nitrogens with one attached hydrogen (secondary N) is 1. The first-order valence-electron chi connectivity index (χ1n) is 10.3. The molecule has 1 saturated carbocycles. The van der Waals surface area contributed by atoms with Gasteiger partial charge in [-0.2, -0.15) is 0 Å². The van der Waals surface area contributed by atoms with Crippen LogP contribution in [0.4, 0.5) is 10.5 Å². The third-order valence-corrected chi connectivity index (χ3v) is 5.85. The molecule has 3 aliphatic rings. The van der Waals surface area contributed by atoms with E-state index in [9.17, 15) is 9.59 Å². The fourth-order valence-corrected chi connectivity index (χ4v) is 4.03. The summed E-state index contributed by atoms with van der Waals surface area (Å²) in [6.45, 7) is 3.69. The second-order valence-corrected chi connectivity index (χ2v) is 7.83. The van der Waals surface area contributed by atoms with Crippen molar-refractivity contribution in [1.29, 1.82) is 0 Å². The third kappa shape index (κ3) is 3.70. The average molecular weight is 399 g/mol. The van der Waals surface area contributed by atoms with Crippen LogP contribution >= 0.6 is 0 Å². The number of anilines is 1. The quantitative estimate of drug-likeness (QED) is 0.858. The topological polar surface area (TPSA) is 84.2 Å². The number of furan rings is 1. The minimum Gasteiger partial charge on any atom is -0.449 e. The molecule has 3 fully saturated rings. The summed E-state index contributed by atoms with van der Waals surface area (Å²) in [5.74, 6) is 0.518. The molecular weight excluding hydrogens is 374 g/mol. The lowest BCUT2D eigenvalue weighted by Crippen LogP contribution is -2.48. The first kappa shape index (κ1) is 18.4. The van der Waals surface area contributed by atoms with E-state index in [1.165, 1.54) is 12.8 Å². The van der Waals surface area contributed by atoms with Crippen LogP contribution in [0.5, 0.6) is 0 Å². The number of ether oxygens (including phenoxy) is 2. The number of para-hydroxylation sites is 1. The molecule has 1 unspecified atom stereocenters. The standard InChI is InChI=1S/C21H25N3O5/c25-20(23-7-10-27-11-8-23)19-18(15-3-1-2-4-16(15)29-19)22-21(26)24-9-12-28-17(13-24)14-5-6-14/h1-4,14,17H,5-13H2,(H,22,26). The van der Waals surface area contributed by atoms with Gasteiger partial charge in [-0.3, -0.25) is 4.79 Å². The Labute approximate surface area is 168 Å². The molecule has 8 heteroatoms. The minimum atomic E-state index is -0.224. The summed E-state index contributed by atoms with van der Waals surface area (Å²) in [4.78, 5) is 29.6. The lowest BCUT2D eigenvalue weighted by atomic mass is 10.2. The molecule has 2 saturated heterocycles. The number of carbonyl (C=O) groups excluding carboxylic acids is 2. The number of morpholine rings is 2. The Kier molecular flexibility index (Phi) is 4.89. The Morgan fingerprint density at radius 3 is 2.55 bits per heavy atom. The van der Waals surface area contributed by atoms with Crippen molar-refractivity contribution in [3.05, 3.63) is 30.0 Å². The molecule has 0 bridgehead atoms. The maximum absolute atomic E-state index is 13.1. The summed E-state index contributed by atoms with van der Waals surface area (Å²) >= 11 is 0. The molecule has 5 rings (SSSR count). The number of hydrogen-bond acceptors (Lipinski definition) is 5. The van der Waals surface area contributed by atoms with Crippen molar-refractivity contribution in [2.45, 2.75) is 18.9 Å². The van der Waals surface area contributed by atoms with Gasteiger partial charge in [0, 0.05) is 31.6 Å². The average Bonchev–Trinajstić information content (AvgIpc) is 3.57. The molecule has 2 aromatic rings. The summed E-state index contributed by atoms with van der Waals surface area (Å²) in [5, 5.41) is 3.69. The van der Waals surface area contributed by atoms with E-state index in [4.69, 9.17) is 13.9 Å². The zero-order chi connectivity index (χ0) is 19.8. The Hall–Kier alpha value is -2.58. The zero-order valence-electron chi connectivity index (χ0n) is 16.3. The lowest BCUT2D eigenvalue weighted by molar-refractivity contribution is -0.0234. The van der Waals surface area contributed by atoms with Crippen LogP contribution in [-0.2, 0) is 9.47 Å². The van der Waals surface area contributed by atoms with E-state index in [1.54, 1.807) is 15.9 Å². The highest BCUT2D eigenvalue weighted by Gasteiger charge is 2.37. The smallest absolute Gasteiger partial charge is 0.322 e. The molecule has 3 heterocycles. The second kappa shape index (κ2) is 7.68.